The molecule has 0 aliphatic rings. The second-order valence-corrected chi connectivity index (χ2v) is 7.28. The van der Waals surface area contributed by atoms with Crippen LogP contribution in [0.1, 0.15) is 10.4 Å². The molecule has 2 rings (SSSR count). The van der Waals surface area contributed by atoms with E-state index in [0.29, 0.717) is 16.3 Å². The normalized spacial score (nSPS) is 11.0. The van der Waals surface area contributed by atoms with Crippen molar-refractivity contribution in [3.05, 3.63) is 65.2 Å². The molecule has 122 valence electrons. The fourth-order valence-electron chi connectivity index (χ4n) is 2.06. The molecule has 0 spiro atoms. The standard InChI is InChI=1S/C16H17ClN2O3S/c1-23(21,22)19(15-9-7-14(17)8-10-15)12-11-18-16(20)13-5-3-2-4-6-13/h2-10H,11-12H2,1H3,(H,18,20). The van der Waals surface area contributed by atoms with Gasteiger partial charge in [0.05, 0.1) is 18.5 Å². The minimum atomic E-state index is -3.45. The highest BCUT2D eigenvalue weighted by molar-refractivity contribution is 7.92. The Morgan fingerprint density at radius 2 is 1.70 bits per heavy atom. The Morgan fingerprint density at radius 3 is 2.26 bits per heavy atom. The second-order valence-electron chi connectivity index (χ2n) is 4.93. The van der Waals surface area contributed by atoms with Crippen molar-refractivity contribution in [3.63, 3.8) is 0 Å². The zero-order valence-corrected chi connectivity index (χ0v) is 14.1. The summed E-state index contributed by atoms with van der Waals surface area (Å²) in [5, 5.41) is 3.24. The van der Waals surface area contributed by atoms with Crippen molar-refractivity contribution in [2.45, 2.75) is 0 Å². The van der Waals surface area contributed by atoms with Crippen LogP contribution in [-0.4, -0.2) is 33.7 Å². The molecular weight excluding hydrogens is 336 g/mol. The van der Waals surface area contributed by atoms with Crippen LogP contribution in [0.25, 0.3) is 0 Å². The summed E-state index contributed by atoms with van der Waals surface area (Å²) < 4.78 is 25.1. The minimum Gasteiger partial charge on any atom is -0.350 e. The van der Waals surface area contributed by atoms with Gasteiger partial charge < -0.3 is 5.32 Å². The molecule has 1 amide bonds. The summed E-state index contributed by atoms with van der Waals surface area (Å²) in [4.78, 5) is 12.0. The lowest BCUT2D eigenvalue weighted by Gasteiger charge is -2.22. The molecule has 0 fully saturated rings. The zero-order valence-electron chi connectivity index (χ0n) is 12.6. The van der Waals surface area contributed by atoms with Gasteiger partial charge in [0.15, 0.2) is 0 Å². The van der Waals surface area contributed by atoms with Gasteiger partial charge in [0.25, 0.3) is 5.91 Å². The molecule has 0 unspecified atom stereocenters. The van der Waals surface area contributed by atoms with Crippen LogP contribution < -0.4 is 9.62 Å². The highest BCUT2D eigenvalue weighted by Gasteiger charge is 2.17. The van der Waals surface area contributed by atoms with E-state index in [-0.39, 0.29) is 19.0 Å². The molecule has 0 heterocycles. The third-order valence-corrected chi connectivity index (χ3v) is 4.60. The van der Waals surface area contributed by atoms with Gasteiger partial charge in [-0.15, -0.1) is 0 Å². The number of carbonyl (C=O) groups is 1. The number of sulfonamides is 1. The van der Waals surface area contributed by atoms with Gasteiger partial charge in [-0.25, -0.2) is 8.42 Å². The van der Waals surface area contributed by atoms with Crippen LogP contribution in [0.3, 0.4) is 0 Å². The smallest absolute Gasteiger partial charge is 0.251 e. The monoisotopic (exact) mass is 352 g/mol. The number of nitrogens with one attached hydrogen (secondary N) is 1. The van der Waals surface area contributed by atoms with Crippen LogP contribution in [-0.2, 0) is 10.0 Å². The first kappa shape index (κ1) is 17.3. The lowest BCUT2D eigenvalue weighted by Crippen LogP contribution is -2.38. The molecule has 7 heteroatoms. The molecular formula is C16H17ClN2O3S. The summed E-state index contributed by atoms with van der Waals surface area (Å²) in [5.74, 6) is -0.241. The molecule has 23 heavy (non-hydrogen) atoms. The molecule has 2 aromatic rings. The molecule has 2 aromatic carbocycles. The van der Waals surface area contributed by atoms with Crippen molar-refractivity contribution in [1.82, 2.24) is 5.32 Å². The number of rotatable bonds is 6. The summed E-state index contributed by atoms with van der Waals surface area (Å²) >= 11 is 5.82. The molecule has 0 radical (unpaired) electrons. The zero-order chi connectivity index (χ0) is 16.9. The molecule has 0 aliphatic carbocycles. The van der Waals surface area contributed by atoms with Crippen LogP contribution >= 0.6 is 11.6 Å². The van der Waals surface area contributed by atoms with E-state index < -0.39 is 10.0 Å². The van der Waals surface area contributed by atoms with Crippen LogP contribution in [0.15, 0.2) is 54.6 Å². The molecule has 5 nitrogen and oxygen atoms in total. The predicted octanol–water partition coefficient (Wildman–Crippen LogP) is 2.54. The lowest BCUT2D eigenvalue weighted by atomic mass is 10.2. The second kappa shape index (κ2) is 7.48. The largest absolute Gasteiger partial charge is 0.350 e. The lowest BCUT2D eigenvalue weighted by molar-refractivity contribution is 0.0955. The first-order valence-corrected chi connectivity index (χ1v) is 9.17. The highest BCUT2D eigenvalue weighted by Crippen LogP contribution is 2.19. The summed E-state index contributed by atoms with van der Waals surface area (Å²) in [5.41, 5.74) is 1.04. The summed E-state index contributed by atoms with van der Waals surface area (Å²) in [6.45, 7) is 0.336. The van der Waals surface area contributed by atoms with E-state index in [1.165, 1.54) is 4.31 Å². The van der Waals surface area contributed by atoms with E-state index in [9.17, 15) is 13.2 Å². The van der Waals surface area contributed by atoms with E-state index in [1.54, 1.807) is 48.5 Å². The number of hydrogen-bond donors (Lipinski definition) is 1. The number of benzene rings is 2. The first-order valence-electron chi connectivity index (χ1n) is 6.94. The average molecular weight is 353 g/mol. The van der Waals surface area contributed by atoms with E-state index in [4.69, 9.17) is 11.6 Å². The van der Waals surface area contributed by atoms with Gasteiger partial charge in [-0.2, -0.15) is 0 Å². The number of anilines is 1. The van der Waals surface area contributed by atoms with Crippen molar-refractivity contribution < 1.29 is 13.2 Å². The Kier molecular flexibility index (Phi) is 5.63. The van der Waals surface area contributed by atoms with E-state index in [1.807, 2.05) is 6.07 Å². The fourth-order valence-corrected chi connectivity index (χ4v) is 3.11. The maximum absolute atomic E-state index is 12.0. The van der Waals surface area contributed by atoms with Crippen molar-refractivity contribution in [1.29, 1.82) is 0 Å². The topological polar surface area (TPSA) is 66.5 Å². The number of amides is 1. The minimum absolute atomic E-state index is 0.138. The fraction of sp³-hybridized carbons (Fsp3) is 0.188. The predicted molar refractivity (Wildman–Crippen MR) is 92.4 cm³/mol. The number of nitrogens with zero attached hydrogens (tertiary/aromatic N) is 1. The summed E-state index contributed by atoms with van der Waals surface area (Å²) in [7, 11) is -3.45. The number of hydrogen-bond acceptors (Lipinski definition) is 3. The van der Waals surface area contributed by atoms with E-state index >= 15 is 0 Å². The van der Waals surface area contributed by atoms with Crippen molar-refractivity contribution in [2.75, 3.05) is 23.7 Å². The molecule has 0 atom stereocenters. The van der Waals surface area contributed by atoms with Gasteiger partial charge in [-0.1, -0.05) is 29.8 Å². The quantitative estimate of drug-likeness (QED) is 0.868. The Labute approximate surface area is 140 Å². The molecule has 0 bridgehead atoms. The van der Waals surface area contributed by atoms with Gasteiger partial charge in [-0.3, -0.25) is 9.10 Å². The molecule has 0 saturated carbocycles. The van der Waals surface area contributed by atoms with Gasteiger partial charge in [0.1, 0.15) is 0 Å². The average Bonchev–Trinajstić information content (AvgIpc) is 2.52. The van der Waals surface area contributed by atoms with E-state index in [2.05, 4.69) is 5.32 Å². The van der Waals surface area contributed by atoms with E-state index in [0.717, 1.165) is 6.26 Å². The molecule has 0 aromatic heterocycles. The first-order chi connectivity index (χ1) is 10.9. The van der Waals surface area contributed by atoms with Crippen molar-refractivity contribution in [2.24, 2.45) is 0 Å². The molecule has 1 N–H and O–H groups in total. The third kappa shape index (κ3) is 4.97. The van der Waals surface area contributed by atoms with Gasteiger partial charge >= 0.3 is 0 Å². The Morgan fingerprint density at radius 1 is 1.09 bits per heavy atom. The van der Waals surface area contributed by atoms with Crippen molar-refractivity contribution >= 4 is 33.2 Å². The summed E-state index contributed by atoms with van der Waals surface area (Å²) in [6.07, 6.45) is 1.13. The maximum atomic E-state index is 12.0. The van der Waals surface area contributed by atoms with Crippen LogP contribution in [0.4, 0.5) is 5.69 Å². The summed E-state index contributed by atoms with van der Waals surface area (Å²) in [6, 6.07) is 15.3. The number of carbonyl (C=O) groups excluding carboxylic acids is 1. The maximum Gasteiger partial charge on any atom is 0.251 e. The van der Waals surface area contributed by atoms with Gasteiger partial charge in [0, 0.05) is 17.1 Å². The van der Waals surface area contributed by atoms with Crippen LogP contribution in [0.2, 0.25) is 5.02 Å². The van der Waals surface area contributed by atoms with Crippen LogP contribution in [0, 0.1) is 0 Å². The van der Waals surface area contributed by atoms with Crippen molar-refractivity contribution in [3.8, 4) is 0 Å². The molecule has 0 saturated heterocycles. The number of halogens is 1. The third-order valence-electron chi connectivity index (χ3n) is 3.15. The van der Waals surface area contributed by atoms with Gasteiger partial charge in [-0.05, 0) is 36.4 Å². The highest BCUT2D eigenvalue weighted by atomic mass is 35.5. The SMILES string of the molecule is CS(=O)(=O)N(CCNC(=O)c1ccccc1)c1ccc(Cl)cc1. The Hall–Kier alpha value is -2.05. The van der Waals surface area contributed by atoms with Gasteiger partial charge in [0.2, 0.25) is 10.0 Å². The van der Waals surface area contributed by atoms with Crippen LogP contribution in [0.5, 0.6) is 0 Å². The molecule has 0 aliphatic heterocycles. The Bertz CT molecular complexity index is 762. The Balaban J connectivity index is 2.02.